The Labute approximate surface area is 224 Å². The molecule has 0 heterocycles. The summed E-state index contributed by atoms with van der Waals surface area (Å²) in [7, 11) is 0.194. The summed E-state index contributed by atoms with van der Waals surface area (Å²) < 4.78 is 19.5. The van der Waals surface area contributed by atoms with Gasteiger partial charge in [0.05, 0.1) is 0 Å². The summed E-state index contributed by atoms with van der Waals surface area (Å²) in [6.45, 7) is 9.20. The van der Waals surface area contributed by atoms with Crippen LogP contribution in [0.25, 0.3) is 21.5 Å². The zero-order valence-corrected chi connectivity index (χ0v) is 25.1. The van der Waals surface area contributed by atoms with Crippen molar-refractivity contribution in [3.8, 4) is 0 Å². The summed E-state index contributed by atoms with van der Waals surface area (Å²) in [5, 5.41) is 8.88. The van der Waals surface area contributed by atoms with Gasteiger partial charge in [0.25, 0.3) is 0 Å². The number of hydrogen-bond acceptors (Lipinski definition) is 0. The zero-order chi connectivity index (χ0) is 25.5. The van der Waals surface area contributed by atoms with Gasteiger partial charge in [0.2, 0.25) is 0 Å². The molecule has 4 aromatic carbocycles. The molecular weight excluding hydrogens is 508 g/mol. The van der Waals surface area contributed by atoms with Crippen LogP contribution in [0, 0.1) is 0 Å². The van der Waals surface area contributed by atoms with E-state index in [1.165, 1.54) is 71.9 Å². The van der Waals surface area contributed by atoms with E-state index in [9.17, 15) is 6.18 Å². The summed E-state index contributed by atoms with van der Waals surface area (Å²) in [6, 6.07) is 27.1. The molecule has 0 saturated carbocycles. The fourth-order valence-electron chi connectivity index (χ4n) is 4.45. The SMILES string of the molecule is CCCP(CCC)c1cc2ccccc2[cH-]1.CCCP(CCC)c1cc2ccccc2[cH-]1.[F][Ti][F]. The van der Waals surface area contributed by atoms with E-state index in [1.807, 2.05) is 0 Å². The summed E-state index contributed by atoms with van der Waals surface area (Å²) in [5.74, 6) is 0. The van der Waals surface area contributed by atoms with Crippen molar-refractivity contribution in [3.63, 3.8) is 0 Å². The molecule has 0 aliphatic carbocycles. The van der Waals surface area contributed by atoms with Crippen molar-refractivity contribution in [2.45, 2.75) is 53.4 Å². The maximum absolute atomic E-state index is 9.75. The average molecular weight is 548 g/mol. The van der Waals surface area contributed by atoms with Gasteiger partial charge in [0.15, 0.2) is 0 Å². The summed E-state index contributed by atoms with van der Waals surface area (Å²) in [6.07, 6.45) is 10.8. The van der Waals surface area contributed by atoms with Gasteiger partial charge in [-0.25, -0.2) is 0 Å². The molecule has 0 unspecified atom stereocenters. The molecule has 0 aliphatic rings. The number of hydrogen-bond donors (Lipinski definition) is 0. The molecule has 0 aromatic heterocycles. The second-order valence-electron chi connectivity index (χ2n) is 8.73. The quantitative estimate of drug-likeness (QED) is 0.105. The molecule has 4 rings (SSSR count). The summed E-state index contributed by atoms with van der Waals surface area (Å²) in [5.41, 5.74) is 0. The molecule has 190 valence electrons. The summed E-state index contributed by atoms with van der Waals surface area (Å²) >= 11 is -2.50. The first-order chi connectivity index (χ1) is 17.1. The Morgan fingerprint density at radius 1 is 0.600 bits per heavy atom. The van der Waals surface area contributed by atoms with Gasteiger partial charge in [0.1, 0.15) is 0 Å². The van der Waals surface area contributed by atoms with Crippen LogP contribution in [0.5, 0.6) is 0 Å². The van der Waals surface area contributed by atoms with Crippen molar-refractivity contribution in [1.82, 2.24) is 0 Å². The average Bonchev–Trinajstić information content (AvgIpc) is 3.49. The van der Waals surface area contributed by atoms with Gasteiger partial charge in [-0.2, -0.15) is 12.1 Å². The van der Waals surface area contributed by atoms with Crippen LogP contribution in [0.15, 0.2) is 72.8 Å². The van der Waals surface area contributed by atoms with E-state index >= 15 is 0 Å². The molecule has 0 atom stereocenters. The van der Waals surface area contributed by atoms with E-state index in [0.717, 1.165) is 0 Å². The van der Waals surface area contributed by atoms with E-state index in [1.54, 1.807) is 10.6 Å². The monoisotopic (exact) mass is 548 g/mol. The van der Waals surface area contributed by atoms with E-state index in [-0.39, 0.29) is 15.8 Å². The third-order valence-corrected chi connectivity index (χ3v) is 11.8. The molecule has 0 spiro atoms. The number of halogens is 2. The van der Waals surface area contributed by atoms with Crippen LogP contribution >= 0.6 is 15.8 Å². The first-order valence-corrected chi connectivity index (χ1v) is 17.5. The van der Waals surface area contributed by atoms with Crippen LogP contribution in [-0.4, -0.2) is 24.6 Å². The predicted octanol–water partition coefficient (Wildman–Crippen LogP) is 9.81. The molecular formula is C30H40F2P2Ti-2. The predicted molar refractivity (Wildman–Crippen MR) is 155 cm³/mol. The standard InChI is InChI=1S/2C15H20P.2FH.Ti/c2*1-3-9-16(10-4-2)15-11-13-7-5-6-8-14(13)12-15;;;/h2*5-8,11-12H,3-4,9-10H2,1-2H3;2*1H;/q2*-1;;;+2/p-2. The van der Waals surface area contributed by atoms with Gasteiger partial charge in [-0.05, 0) is 24.6 Å². The Morgan fingerprint density at radius 3 is 1.20 bits per heavy atom. The number of fused-ring (bicyclic) bond motifs is 2. The Balaban J connectivity index is 0.000000222. The Bertz CT molecular complexity index is 924. The van der Waals surface area contributed by atoms with Crippen molar-refractivity contribution in [2.24, 2.45) is 0 Å². The van der Waals surface area contributed by atoms with Crippen molar-refractivity contribution >= 4 is 48.0 Å². The van der Waals surface area contributed by atoms with Gasteiger partial charge in [0, 0.05) is 0 Å². The van der Waals surface area contributed by atoms with Gasteiger partial charge < -0.3 is 0 Å². The van der Waals surface area contributed by atoms with Crippen LogP contribution in [0.3, 0.4) is 0 Å². The third-order valence-electron chi connectivity index (χ3n) is 5.91. The van der Waals surface area contributed by atoms with Crippen molar-refractivity contribution in [3.05, 3.63) is 72.8 Å². The molecule has 0 nitrogen and oxygen atoms in total. The molecule has 0 fully saturated rings. The van der Waals surface area contributed by atoms with Gasteiger partial charge in [-0.1, -0.05) is 81.4 Å². The first kappa shape index (κ1) is 30.3. The normalized spacial score (nSPS) is 10.9. The van der Waals surface area contributed by atoms with Crippen LogP contribution < -0.4 is 10.6 Å². The summed E-state index contributed by atoms with van der Waals surface area (Å²) in [4.78, 5) is 0. The minimum absolute atomic E-state index is 0.0972. The molecule has 0 saturated heterocycles. The molecule has 0 radical (unpaired) electrons. The van der Waals surface area contributed by atoms with Gasteiger partial charge in [-0.15, -0.1) is 80.7 Å². The van der Waals surface area contributed by atoms with Gasteiger partial charge in [-0.3, -0.25) is 0 Å². The Morgan fingerprint density at radius 2 is 0.914 bits per heavy atom. The molecule has 0 bridgehead atoms. The fourth-order valence-corrected chi connectivity index (χ4v) is 9.38. The second-order valence-corrected chi connectivity index (χ2v) is 13.9. The molecule has 4 aromatic rings. The molecule has 0 aliphatic heterocycles. The molecule has 5 heteroatoms. The van der Waals surface area contributed by atoms with Crippen LogP contribution in [0.2, 0.25) is 0 Å². The topological polar surface area (TPSA) is 0 Å². The fraction of sp³-hybridized carbons (Fsp3) is 0.400. The first-order valence-electron chi connectivity index (χ1n) is 12.9. The van der Waals surface area contributed by atoms with Crippen LogP contribution in [0.4, 0.5) is 6.18 Å². The number of benzene rings is 2. The zero-order valence-electron chi connectivity index (χ0n) is 21.7. The van der Waals surface area contributed by atoms with E-state index in [0.29, 0.717) is 0 Å². The van der Waals surface area contributed by atoms with E-state index in [4.69, 9.17) is 0 Å². The third kappa shape index (κ3) is 9.82. The van der Waals surface area contributed by atoms with Crippen LogP contribution in [-0.2, 0) is 20.2 Å². The maximum atomic E-state index is 9.75. The minimum atomic E-state index is -2.50. The van der Waals surface area contributed by atoms with E-state index < -0.39 is 20.2 Å². The van der Waals surface area contributed by atoms with Crippen molar-refractivity contribution < 1.29 is 26.4 Å². The van der Waals surface area contributed by atoms with Crippen molar-refractivity contribution in [2.75, 3.05) is 24.6 Å². The van der Waals surface area contributed by atoms with Gasteiger partial charge >= 0.3 is 26.4 Å². The molecule has 0 N–H and O–H groups in total. The van der Waals surface area contributed by atoms with Crippen molar-refractivity contribution in [1.29, 1.82) is 0 Å². The Hall–Kier alpha value is -0.906. The Kier molecular flexibility index (Phi) is 15.2. The van der Waals surface area contributed by atoms with Crippen LogP contribution in [0.1, 0.15) is 53.4 Å². The molecule has 0 amide bonds. The number of rotatable bonds is 10. The second kappa shape index (κ2) is 17.5. The molecule has 35 heavy (non-hydrogen) atoms. The van der Waals surface area contributed by atoms with E-state index in [2.05, 4.69) is 100 Å².